The third-order valence-corrected chi connectivity index (χ3v) is 9.69. The normalized spacial score (nSPS) is 59.3. The number of Topliss-reactive ketones (excluding diaryl/α,β-unsaturated/α-hetero) is 1. The van der Waals surface area contributed by atoms with E-state index in [1.807, 2.05) is 6.92 Å². The van der Waals surface area contributed by atoms with Crippen LogP contribution in [0.15, 0.2) is 0 Å². The second-order valence-corrected chi connectivity index (χ2v) is 10.7. The smallest absolute Gasteiger partial charge is 0.162 e. The molecule has 0 amide bonds. The number of fused-ring (bicyclic) bond motifs is 5. The summed E-state index contributed by atoms with van der Waals surface area (Å²) in [6, 6.07) is 0. The molecule has 0 bridgehead atoms. The molecule has 4 nitrogen and oxygen atoms in total. The van der Waals surface area contributed by atoms with Crippen LogP contribution in [0.4, 0.5) is 0 Å². The van der Waals surface area contributed by atoms with Gasteiger partial charge in [-0.1, -0.05) is 20.8 Å². The highest BCUT2D eigenvalue weighted by Gasteiger charge is 2.70. The molecule has 0 heterocycles. The van der Waals surface area contributed by atoms with Crippen LogP contribution in [0.25, 0.3) is 0 Å². The van der Waals surface area contributed by atoms with Crippen LogP contribution in [0.1, 0.15) is 72.6 Å². The molecule has 4 fully saturated rings. The fourth-order valence-electron chi connectivity index (χ4n) is 8.44. The number of aliphatic hydroxyl groups excluding tert-OH is 2. The number of ketones is 1. The minimum atomic E-state index is -1.32. The van der Waals surface area contributed by atoms with Crippen molar-refractivity contribution in [2.24, 2.45) is 40.4 Å². The van der Waals surface area contributed by atoms with E-state index in [9.17, 15) is 20.1 Å². The Morgan fingerprint density at radius 1 is 1.08 bits per heavy atom. The largest absolute Gasteiger partial charge is 0.393 e. The van der Waals surface area contributed by atoms with E-state index in [-0.39, 0.29) is 29.1 Å². The molecule has 0 aromatic rings. The lowest BCUT2D eigenvalue weighted by molar-refractivity contribution is -0.203. The molecule has 4 saturated carbocycles. The van der Waals surface area contributed by atoms with Gasteiger partial charge < -0.3 is 15.3 Å². The molecule has 0 unspecified atom stereocenters. The highest BCUT2D eigenvalue weighted by atomic mass is 16.3. The van der Waals surface area contributed by atoms with Gasteiger partial charge in [-0.25, -0.2) is 0 Å². The fourth-order valence-corrected chi connectivity index (χ4v) is 8.44. The maximum atomic E-state index is 12.5. The Morgan fingerprint density at radius 2 is 1.77 bits per heavy atom. The summed E-state index contributed by atoms with van der Waals surface area (Å²) in [6.45, 7) is 7.92. The molecule has 0 aromatic carbocycles. The van der Waals surface area contributed by atoms with Crippen LogP contribution in [-0.2, 0) is 4.79 Å². The Kier molecular flexibility index (Phi) is 4.20. The van der Waals surface area contributed by atoms with Gasteiger partial charge in [0.25, 0.3) is 0 Å². The van der Waals surface area contributed by atoms with Gasteiger partial charge in [0, 0.05) is 5.41 Å². The van der Waals surface area contributed by atoms with Crippen LogP contribution in [0.3, 0.4) is 0 Å². The predicted molar refractivity (Wildman–Crippen MR) is 99.3 cm³/mol. The molecule has 3 N–H and O–H groups in total. The molecule has 0 saturated heterocycles. The van der Waals surface area contributed by atoms with Gasteiger partial charge in [-0.15, -0.1) is 0 Å². The summed E-state index contributed by atoms with van der Waals surface area (Å²) in [6.07, 6.45) is 5.56. The van der Waals surface area contributed by atoms with Crippen molar-refractivity contribution in [1.29, 1.82) is 0 Å². The first-order valence-corrected chi connectivity index (χ1v) is 10.6. The van der Waals surface area contributed by atoms with Crippen LogP contribution in [0.2, 0.25) is 0 Å². The number of carbonyl (C=O) groups is 1. The summed E-state index contributed by atoms with van der Waals surface area (Å²) < 4.78 is 0. The molecule has 0 radical (unpaired) electrons. The Morgan fingerprint density at radius 3 is 2.42 bits per heavy atom. The van der Waals surface area contributed by atoms with E-state index in [2.05, 4.69) is 13.8 Å². The summed E-state index contributed by atoms with van der Waals surface area (Å²) in [5.74, 6) is 1.19. The van der Waals surface area contributed by atoms with Crippen LogP contribution >= 0.6 is 0 Å². The van der Waals surface area contributed by atoms with Crippen molar-refractivity contribution >= 4 is 5.78 Å². The first kappa shape index (κ1) is 18.9. The van der Waals surface area contributed by atoms with Gasteiger partial charge in [-0.3, -0.25) is 4.79 Å². The Bertz CT molecular complexity index is 605. The molecule has 4 rings (SSSR count). The summed E-state index contributed by atoms with van der Waals surface area (Å²) >= 11 is 0. The second-order valence-electron chi connectivity index (χ2n) is 10.7. The van der Waals surface area contributed by atoms with Gasteiger partial charge in [0.1, 0.15) is 5.60 Å². The van der Waals surface area contributed by atoms with Gasteiger partial charge >= 0.3 is 0 Å². The molecule has 0 spiro atoms. The van der Waals surface area contributed by atoms with E-state index in [0.717, 1.165) is 38.5 Å². The van der Waals surface area contributed by atoms with Crippen molar-refractivity contribution < 1.29 is 20.1 Å². The molecule has 148 valence electrons. The number of hydrogen-bond acceptors (Lipinski definition) is 4. The zero-order chi connectivity index (χ0) is 19.1. The van der Waals surface area contributed by atoms with Crippen molar-refractivity contribution in [3.05, 3.63) is 0 Å². The highest BCUT2D eigenvalue weighted by Crippen LogP contribution is 2.69. The van der Waals surface area contributed by atoms with Gasteiger partial charge in [-0.2, -0.15) is 0 Å². The van der Waals surface area contributed by atoms with E-state index in [4.69, 9.17) is 0 Å². The van der Waals surface area contributed by atoms with E-state index < -0.39 is 17.1 Å². The molecule has 26 heavy (non-hydrogen) atoms. The third-order valence-electron chi connectivity index (χ3n) is 9.69. The minimum Gasteiger partial charge on any atom is -0.393 e. The summed E-state index contributed by atoms with van der Waals surface area (Å²) in [5.41, 5.74) is -1.77. The maximum Gasteiger partial charge on any atom is 0.162 e. The molecule has 0 aromatic heterocycles. The Labute approximate surface area is 157 Å². The average molecular weight is 365 g/mol. The van der Waals surface area contributed by atoms with Crippen LogP contribution in [-0.4, -0.2) is 38.9 Å². The Hall–Kier alpha value is -0.450. The van der Waals surface area contributed by atoms with Crippen molar-refractivity contribution in [1.82, 2.24) is 0 Å². The van der Waals surface area contributed by atoms with E-state index in [1.54, 1.807) is 0 Å². The fraction of sp³-hybridized carbons (Fsp3) is 0.955. The summed E-state index contributed by atoms with van der Waals surface area (Å²) in [4.78, 5) is 12.5. The first-order valence-electron chi connectivity index (χ1n) is 10.6. The molecule has 4 aliphatic carbocycles. The monoisotopic (exact) mass is 364 g/mol. The number of aliphatic hydroxyl groups is 3. The standard InChI is InChI=1S/C22H36O4/c1-12-9-17-16-6-5-14-10-15(24)7-8-20(14,3)19(16)18(25)11-21(17,4)22(12,26)13(2)23/h12,14-19,24-26H,5-11H2,1-4H3/t12-,14-,15-,16+,17-,18-,19+,20+,21+,22+/m1/s1. The SMILES string of the molecule is CC(=O)[C@@]1(O)[C@H](C)C[C@@H]2[C@@H]3CC[C@@H]4C[C@H](O)CC[C@]4(C)[C@@H]3[C@H](O)C[C@@]21C. The number of rotatable bonds is 1. The van der Waals surface area contributed by atoms with E-state index in [1.165, 1.54) is 6.92 Å². The third kappa shape index (κ3) is 2.15. The first-order chi connectivity index (χ1) is 12.1. The van der Waals surface area contributed by atoms with Crippen LogP contribution in [0.5, 0.6) is 0 Å². The lowest BCUT2D eigenvalue weighted by Crippen LogP contribution is -2.63. The predicted octanol–water partition coefficient (Wildman–Crippen LogP) is 2.93. The molecular formula is C22H36O4. The zero-order valence-corrected chi connectivity index (χ0v) is 16.7. The number of carbonyl (C=O) groups excluding carboxylic acids is 1. The molecule has 0 aliphatic heterocycles. The van der Waals surface area contributed by atoms with Gasteiger partial charge in [0.05, 0.1) is 12.2 Å². The Balaban J connectivity index is 1.73. The molecule has 4 heteroatoms. The highest BCUT2D eigenvalue weighted by molar-refractivity contribution is 5.86. The maximum absolute atomic E-state index is 12.5. The molecule has 4 aliphatic rings. The topological polar surface area (TPSA) is 77.8 Å². The lowest BCUT2D eigenvalue weighted by atomic mass is 9.43. The van der Waals surface area contributed by atoms with Crippen molar-refractivity contribution in [3.63, 3.8) is 0 Å². The zero-order valence-electron chi connectivity index (χ0n) is 16.7. The van der Waals surface area contributed by atoms with Crippen molar-refractivity contribution in [2.75, 3.05) is 0 Å². The van der Waals surface area contributed by atoms with Crippen LogP contribution in [0, 0.1) is 40.4 Å². The van der Waals surface area contributed by atoms with E-state index >= 15 is 0 Å². The summed E-state index contributed by atoms with van der Waals surface area (Å²) in [5, 5.41) is 32.9. The second kappa shape index (κ2) is 5.78. The lowest BCUT2D eigenvalue weighted by Gasteiger charge is -2.62. The minimum absolute atomic E-state index is 0.0559. The van der Waals surface area contributed by atoms with E-state index in [0.29, 0.717) is 24.2 Å². The molecular weight excluding hydrogens is 328 g/mol. The van der Waals surface area contributed by atoms with Gasteiger partial charge in [0.2, 0.25) is 0 Å². The van der Waals surface area contributed by atoms with Crippen LogP contribution < -0.4 is 0 Å². The van der Waals surface area contributed by atoms with Gasteiger partial charge in [-0.05, 0) is 86.9 Å². The average Bonchev–Trinajstić information content (AvgIpc) is 2.76. The van der Waals surface area contributed by atoms with Crippen molar-refractivity contribution in [3.8, 4) is 0 Å². The summed E-state index contributed by atoms with van der Waals surface area (Å²) in [7, 11) is 0. The van der Waals surface area contributed by atoms with Crippen molar-refractivity contribution in [2.45, 2.75) is 90.4 Å². The molecule has 10 atom stereocenters. The quantitative estimate of drug-likeness (QED) is 0.668. The number of hydrogen-bond donors (Lipinski definition) is 3. The van der Waals surface area contributed by atoms with Gasteiger partial charge in [0.15, 0.2) is 5.78 Å².